The van der Waals surface area contributed by atoms with E-state index < -0.39 is 0 Å². The van der Waals surface area contributed by atoms with Crippen LogP contribution in [0, 0.1) is 5.41 Å². The number of H-pyrrole nitrogens is 1. The smallest absolute Gasteiger partial charge is 0.280 e. The molecule has 2 N–H and O–H groups in total. The van der Waals surface area contributed by atoms with Crippen LogP contribution in [0.25, 0.3) is 15.3 Å². The molecular formula is C30H24N2O2S2. The van der Waals surface area contributed by atoms with E-state index in [4.69, 9.17) is 0 Å². The molecule has 1 amide bonds. The molecule has 0 saturated carbocycles. The summed E-state index contributed by atoms with van der Waals surface area (Å²) in [6.07, 6.45) is 8.50. The first-order valence-corrected chi connectivity index (χ1v) is 14.0. The maximum absolute atomic E-state index is 13.3. The summed E-state index contributed by atoms with van der Waals surface area (Å²) in [7, 11) is 0. The number of hydrogen-bond donors (Lipinski definition) is 2. The number of carbonyl (C=O) groups excluding carboxylic acids is 1. The predicted molar refractivity (Wildman–Crippen MR) is 146 cm³/mol. The van der Waals surface area contributed by atoms with Crippen LogP contribution < -0.4 is 0 Å². The Morgan fingerprint density at radius 3 is 2.69 bits per heavy atom. The zero-order valence-corrected chi connectivity index (χ0v) is 22.1. The lowest BCUT2D eigenvalue weighted by Gasteiger charge is -2.23. The molecule has 0 radical (unpaired) electrons. The Morgan fingerprint density at radius 2 is 1.86 bits per heavy atom. The standard InChI is InChI=1S/C30H24N2O2S2/c1-29(2)16-7-5-6-14(16)15-10-13(11-18(15)29)23-21-22(28(34)31-23)24(32-27(21)33)20-12-19-26(36-20)25-17(8-9-35-25)30(19,3)4/h5,7-9,11-12,31,34H,6,10H2,1-4H3. The fraction of sp³-hybridized carbons (Fsp3) is 0.267. The Balaban J connectivity index is 1.20. The van der Waals surface area contributed by atoms with Gasteiger partial charge in [-0.1, -0.05) is 45.9 Å². The summed E-state index contributed by atoms with van der Waals surface area (Å²) in [4.78, 5) is 24.5. The van der Waals surface area contributed by atoms with Crippen molar-refractivity contribution in [3.8, 4) is 15.6 Å². The second kappa shape index (κ2) is 6.36. The first kappa shape index (κ1) is 20.9. The average molecular weight is 509 g/mol. The first-order valence-electron chi connectivity index (χ1n) is 12.3. The Morgan fingerprint density at radius 1 is 1.03 bits per heavy atom. The molecule has 3 aromatic rings. The van der Waals surface area contributed by atoms with Crippen molar-refractivity contribution in [2.75, 3.05) is 0 Å². The Bertz CT molecular complexity index is 1760. The molecule has 0 spiro atoms. The van der Waals surface area contributed by atoms with Crippen molar-refractivity contribution in [1.82, 2.24) is 4.98 Å². The molecule has 0 atom stereocenters. The molecule has 0 saturated heterocycles. The number of aromatic amines is 1. The molecule has 0 fully saturated rings. The van der Waals surface area contributed by atoms with Gasteiger partial charge in [0.15, 0.2) is 5.88 Å². The molecule has 0 unspecified atom stereocenters. The van der Waals surface area contributed by atoms with Gasteiger partial charge in [0, 0.05) is 27.0 Å². The molecule has 4 nitrogen and oxygen atoms in total. The third kappa shape index (κ3) is 2.31. The summed E-state index contributed by atoms with van der Waals surface area (Å²) in [5.74, 6) is -0.241. The molecule has 8 rings (SSSR count). The van der Waals surface area contributed by atoms with Crippen molar-refractivity contribution in [2.45, 2.75) is 46.0 Å². The third-order valence-corrected chi connectivity index (χ3v) is 11.0. The summed E-state index contributed by atoms with van der Waals surface area (Å²) < 4.78 is 0. The number of carbonyl (C=O) groups is 1. The van der Waals surface area contributed by atoms with Gasteiger partial charge in [-0.2, -0.15) is 0 Å². The van der Waals surface area contributed by atoms with Gasteiger partial charge < -0.3 is 10.1 Å². The number of hydrogen-bond acceptors (Lipinski definition) is 4. The van der Waals surface area contributed by atoms with E-state index in [1.165, 1.54) is 43.2 Å². The molecule has 36 heavy (non-hydrogen) atoms. The van der Waals surface area contributed by atoms with Gasteiger partial charge in [0.25, 0.3) is 5.91 Å². The maximum Gasteiger partial charge on any atom is 0.280 e. The Hall–Kier alpha value is -3.22. The molecule has 4 heterocycles. The first-order chi connectivity index (χ1) is 17.2. The number of rotatable bonds is 2. The van der Waals surface area contributed by atoms with Gasteiger partial charge in [0.2, 0.25) is 0 Å². The second-order valence-electron chi connectivity index (χ2n) is 11.4. The van der Waals surface area contributed by atoms with Crippen molar-refractivity contribution in [2.24, 2.45) is 10.4 Å². The van der Waals surface area contributed by atoms with Gasteiger partial charge in [-0.05, 0) is 62.9 Å². The number of aliphatic imine (C=N–C) groups is 1. The summed E-state index contributed by atoms with van der Waals surface area (Å²) in [6.45, 7) is 9.06. The maximum atomic E-state index is 13.3. The van der Waals surface area contributed by atoms with Crippen molar-refractivity contribution < 1.29 is 9.90 Å². The number of amides is 1. The molecule has 5 aliphatic rings. The van der Waals surface area contributed by atoms with Crippen LogP contribution in [0.1, 0.15) is 78.2 Å². The number of aromatic nitrogens is 1. The van der Waals surface area contributed by atoms with E-state index >= 15 is 0 Å². The molecular weight excluding hydrogens is 484 g/mol. The van der Waals surface area contributed by atoms with Crippen molar-refractivity contribution in [1.29, 1.82) is 0 Å². The van der Waals surface area contributed by atoms with Crippen LogP contribution in [0.3, 0.4) is 0 Å². The minimum Gasteiger partial charge on any atom is -0.494 e. The van der Waals surface area contributed by atoms with Crippen LogP contribution >= 0.6 is 22.7 Å². The van der Waals surface area contributed by atoms with Crippen molar-refractivity contribution >= 4 is 39.9 Å². The lowest BCUT2D eigenvalue weighted by molar-refractivity contribution is 0.101. The van der Waals surface area contributed by atoms with Crippen molar-refractivity contribution in [3.05, 3.63) is 90.9 Å². The third-order valence-electron chi connectivity index (χ3n) is 8.80. The largest absolute Gasteiger partial charge is 0.494 e. The zero-order valence-electron chi connectivity index (χ0n) is 20.5. The van der Waals surface area contributed by atoms with E-state index in [0.29, 0.717) is 16.8 Å². The summed E-state index contributed by atoms with van der Waals surface area (Å²) >= 11 is 3.44. The van der Waals surface area contributed by atoms with E-state index in [-0.39, 0.29) is 22.6 Å². The number of nitrogens with one attached hydrogen (secondary N) is 1. The highest BCUT2D eigenvalue weighted by Gasteiger charge is 2.44. The van der Waals surface area contributed by atoms with Crippen LogP contribution in [0.2, 0.25) is 0 Å². The quantitative estimate of drug-likeness (QED) is 0.376. The summed E-state index contributed by atoms with van der Waals surface area (Å²) in [6, 6.07) is 4.39. The van der Waals surface area contributed by atoms with E-state index in [0.717, 1.165) is 29.0 Å². The SMILES string of the molecule is CC1(C)C2=C(CC=C2)C2=C1C=C(c1[nH]c(O)c3c1C(=O)N=C3c1cc3c(s1)-c1sccc1C3(C)C)C2. The van der Waals surface area contributed by atoms with Crippen LogP contribution in [-0.4, -0.2) is 21.7 Å². The fourth-order valence-electron chi connectivity index (χ4n) is 6.93. The van der Waals surface area contributed by atoms with E-state index in [9.17, 15) is 9.90 Å². The number of allylic oxidation sites excluding steroid dienone is 8. The van der Waals surface area contributed by atoms with Gasteiger partial charge in [-0.25, -0.2) is 4.99 Å². The van der Waals surface area contributed by atoms with Gasteiger partial charge in [-0.15, -0.1) is 22.7 Å². The minimum absolute atomic E-state index is 0.0314. The lowest BCUT2D eigenvalue weighted by atomic mass is 9.80. The van der Waals surface area contributed by atoms with Gasteiger partial charge in [-0.3, -0.25) is 4.79 Å². The highest BCUT2D eigenvalue weighted by Crippen LogP contribution is 2.58. The number of thiophene rings is 2. The lowest BCUT2D eigenvalue weighted by Crippen LogP contribution is -2.14. The zero-order chi connectivity index (χ0) is 24.7. The average Bonchev–Trinajstić information content (AvgIpc) is 3.65. The molecule has 1 aliphatic heterocycles. The minimum atomic E-state index is -0.272. The predicted octanol–water partition coefficient (Wildman–Crippen LogP) is 7.52. The Labute approximate surface area is 217 Å². The molecule has 3 aromatic heterocycles. The number of aromatic hydroxyl groups is 1. The van der Waals surface area contributed by atoms with E-state index in [2.05, 4.69) is 73.4 Å². The van der Waals surface area contributed by atoms with Crippen LogP contribution in [-0.2, 0) is 5.41 Å². The van der Waals surface area contributed by atoms with Gasteiger partial charge in [0.05, 0.1) is 27.4 Å². The summed E-state index contributed by atoms with van der Waals surface area (Å²) in [5.41, 5.74) is 11.5. The molecule has 178 valence electrons. The van der Waals surface area contributed by atoms with E-state index in [1.807, 2.05) is 0 Å². The Kier molecular flexibility index (Phi) is 3.70. The molecule has 0 bridgehead atoms. The van der Waals surface area contributed by atoms with Crippen molar-refractivity contribution in [3.63, 3.8) is 0 Å². The number of nitrogens with zero attached hydrogens (tertiary/aromatic N) is 1. The van der Waals surface area contributed by atoms with Crippen LogP contribution in [0.4, 0.5) is 0 Å². The summed E-state index contributed by atoms with van der Waals surface area (Å²) in [5, 5.41) is 13.2. The normalized spacial score (nSPS) is 21.7. The van der Waals surface area contributed by atoms with Gasteiger partial charge in [0.1, 0.15) is 0 Å². The fourth-order valence-corrected chi connectivity index (χ4v) is 9.48. The molecule has 6 heteroatoms. The molecule has 0 aromatic carbocycles. The van der Waals surface area contributed by atoms with E-state index in [1.54, 1.807) is 22.7 Å². The second-order valence-corrected chi connectivity index (χ2v) is 13.3. The molecule has 4 aliphatic carbocycles. The van der Waals surface area contributed by atoms with Crippen LogP contribution in [0.5, 0.6) is 5.88 Å². The topological polar surface area (TPSA) is 65.4 Å². The van der Waals surface area contributed by atoms with Gasteiger partial charge >= 0.3 is 0 Å². The monoisotopic (exact) mass is 508 g/mol. The highest BCUT2D eigenvalue weighted by molar-refractivity contribution is 7.23. The number of fused-ring (bicyclic) bond motifs is 5. The highest BCUT2D eigenvalue weighted by atomic mass is 32.1. The van der Waals surface area contributed by atoms with Crippen LogP contribution in [0.15, 0.2) is 63.0 Å².